The first kappa shape index (κ1) is 9.05. The van der Waals surface area contributed by atoms with Crippen LogP contribution in [0.2, 0.25) is 0 Å². The van der Waals surface area contributed by atoms with Crippen LogP contribution < -0.4 is 5.73 Å². The Labute approximate surface area is 73.8 Å². The molecule has 2 rings (SSSR count). The molecule has 0 saturated carbocycles. The van der Waals surface area contributed by atoms with Gasteiger partial charge in [-0.3, -0.25) is 0 Å². The molecule has 0 aliphatic heterocycles. The van der Waals surface area contributed by atoms with Gasteiger partial charge in [0.15, 0.2) is 12.0 Å². The Morgan fingerprint density at radius 1 is 1.46 bits per heavy atom. The van der Waals surface area contributed by atoms with Crippen LogP contribution in [0.5, 0.6) is 0 Å². The molecule has 0 spiro atoms. The van der Waals surface area contributed by atoms with Crippen LogP contribution in [0.25, 0.3) is 11.1 Å². The molecule has 0 radical (unpaired) electrons. The van der Waals surface area contributed by atoms with Crippen molar-refractivity contribution in [1.82, 2.24) is 4.98 Å². The number of nitrogens with zero attached hydrogens (tertiary/aromatic N) is 1. The summed E-state index contributed by atoms with van der Waals surface area (Å²) in [4.78, 5) is 12.7. The van der Waals surface area contributed by atoms with E-state index < -0.39 is 6.09 Å². The number of carboxylic acid groups (broad SMARTS) is 1. The van der Waals surface area contributed by atoms with Gasteiger partial charge in [0, 0.05) is 0 Å². The third-order valence-electron chi connectivity index (χ3n) is 1.24. The van der Waals surface area contributed by atoms with Crippen molar-refractivity contribution < 1.29 is 14.3 Å². The Morgan fingerprint density at radius 3 is 2.69 bits per heavy atom. The third kappa shape index (κ3) is 2.82. The van der Waals surface area contributed by atoms with Crippen molar-refractivity contribution in [2.75, 3.05) is 0 Å². The Balaban J connectivity index is 0.000000184. The van der Waals surface area contributed by atoms with E-state index >= 15 is 0 Å². The number of carbonyl (C=O) groups is 1. The van der Waals surface area contributed by atoms with E-state index in [1.807, 2.05) is 24.3 Å². The summed E-state index contributed by atoms with van der Waals surface area (Å²) in [6.07, 6.45) is 0.116. The lowest BCUT2D eigenvalue weighted by Gasteiger charge is -1.79. The van der Waals surface area contributed by atoms with Gasteiger partial charge in [0.05, 0.1) is 0 Å². The summed E-state index contributed by atoms with van der Waals surface area (Å²) in [6, 6.07) is 7.67. The molecule has 2 aromatic rings. The van der Waals surface area contributed by atoms with Gasteiger partial charge in [-0.15, -0.1) is 0 Å². The Kier molecular flexibility index (Phi) is 2.86. The standard InChI is InChI=1S/C7H5NO.CH3NO2/c1-2-4-7-6(3-1)8-5-9-7;2-1(3)4/h1-5H;2H2,(H,3,4). The van der Waals surface area contributed by atoms with Crippen molar-refractivity contribution in [3.05, 3.63) is 30.7 Å². The first-order valence-corrected chi connectivity index (χ1v) is 3.47. The largest absolute Gasteiger partial charge is 0.465 e. The van der Waals surface area contributed by atoms with Crippen molar-refractivity contribution in [2.45, 2.75) is 0 Å². The molecule has 0 atom stereocenters. The summed E-state index contributed by atoms with van der Waals surface area (Å²) in [6.45, 7) is 0. The normalized spacial score (nSPS) is 8.92. The Hall–Kier alpha value is -2.04. The van der Waals surface area contributed by atoms with Crippen molar-refractivity contribution in [3.63, 3.8) is 0 Å². The summed E-state index contributed by atoms with van der Waals surface area (Å²) in [5.74, 6) is 0. The zero-order valence-electron chi connectivity index (χ0n) is 6.68. The van der Waals surface area contributed by atoms with E-state index in [1.165, 1.54) is 6.39 Å². The van der Waals surface area contributed by atoms with E-state index in [2.05, 4.69) is 10.7 Å². The number of nitrogens with two attached hydrogens (primary N) is 1. The van der Waals surface area contributed by atoms with Crippen LogP contribution in [0, 0.1) is 0 Å². The van der Waals surface area contributed by atoms with Gasteiger partial charge >= 0.3 is 6.09 Å². The van der Waals surface area contributed by atoms with Crippen molar-refractivity contribution >= 4 is 17.2 Å². The Bertz CT molecular complexity index is 363. The van der Waals surface area contributed by atoms with Crippen LogP contribution >= 0.6 is 0 Å². The molecule has 1 aromatic carbocycles. The predicted octanol–water partition coefficient (Wildman–Crippen LogP) is 1.45. The number of hydrogen-bond donors (Lipinski definition) is 2. The first-order chi connectivity index (χ1) is 6.20. The molecule has 13 heavy (non-hydrogen) atoms. The zero-order chi connectivity index (χ0) is 9.68. The molecule has 0 saturated heterocycles. The minimum atomic E-state index is -1.33. The fraction of sp³-hybridized carbons (Fsp3) is 0. The summed E-state index contributed by atoms with van der Waals surface area (Å²) in [5.41, 5.74) is 5.79. The van der Waals surface area contributed by atoms with E-state index in [1.54, 1.807) is 0 Å². The number of aromatic nitrogens is 1. The molecule has 5 heteroatoms. The number of oxazole rings is 1. The number of hydrogen-bond acceptors (Lipinski definition) is 3. The number of benzene rings is 1. The van der Waals surface area contributed by atoms with E-state index in [4.69, 9.17) is 14.3 Å². The van der Waals surface area contributed by atoms with Gasteiger partial charge in [0.25, 0.3) is 0 Å². The molecule has 0 fully saturated rings. The molecule has 0 bridgehead atoms. The van der Waals surface area contributed by atoms with E-state index in [0.29, 0.717) is 0 Å². The molecular weight excluding hydrogens is 172 g/mol. The number of para-hydroxylation sites is 2. The highest BCUT2D eigenvalue weighted by molar-refractivity contribution is 5.71. The fourth-order valence-corrected chi connectivity index (χ4v) is 0.803. The molecule has 3 N–H and O–H groups in total. The quantitative estimate of drug-likeness (QED) is 0.642. The average Bonchev–Trinajstić information content (AvgIpc) is 2.49. The minimum absolute atomic E-state index is 0.845. The topological polar surface area (TPSA) is 89.4 Å². The van der Waals surface area contributed by atoms with Crippen molar-refractivity contribution in [3.8, 4) is 0 Å². The lowest BCUT2D eigenvalue weighted by Crippen LogP contribution is -2.03. The second-order valence-electron chi connectivity index (χ2n) is 2.16. The summed E-state index contributed by atoms with van der Waals surface area (Å²) in [7, 11) is 0. The van der Waals surface area contributed by atoms with Gasteiger partial charge in [0.2, 0.25) is 0 Å². The maximum atomic E-state index is 8.78. The highest BCUT2D eigenvalue weighted by Crippen LogP contribution is 2.09. The summed E-state index contributed by atoms with van der Waals surface area (Å²) >= 11 is 0. The second kappa shape index (κ2) is 4.10. The molecule has 0 aliphatic carbocycles. The fourth-order valence-electron chi connectivity index (χ4n) is 0.803. The van der Waals surface area contributed by atoms with Crippen LogP contribution in [0.15, 0.2) is 35.1 Å². The number of fused-ring (bicyclic) bond motifs is 1. The lowest BCUT2D eigenvalue weighted by molar-refractivity contribution is 0.205. The molecule has 68 valence electrons. The van der Waals surface area contributed by atoms with Crippen molar-refractivity contribution in [1.29, 1.82) is 0 Å². The van der Waals surface area contributed by atoms with Crippen LogP contribution in [0.1, 0.15) is 0 Å². The van der Waals surface area contributed by atoms with Crippen LogP contribution in [-0.2, 0) is 0 Å². The molecule has 5 nitrogen and oxygen atoms in total. The van der Waals surface area contributed by atoms with Gasteiger partial charge in [-0.2, -0.15) is 0 Å². The van der Waals surface area contributed by atoms with Gasteiger partial charge in [-0.05, 0) is 12.1 Å². The summed E-state index contributed by atoms with van der Waals surface area (Å²) in [5, 5.41) is 7.19. The average molecular weight is 180 g/mol. The SMILES string of the molecule is NC(=O)O.c1ccc2ocnc2c1. The highest BCUT2D eigenvalue weighted by Gasteiger charge is 1.91. The highest BCUT2D eigenvalue weighted by atomic mass is 16.4. The molecule has 0 aliphatic rings. The van der Waals surface area contributed by atoms with E-state index in [9.17, 15) is 0 Å². The van der Waals surface area contributed by atoms with Gasteiger partial charge in [-0.1, -0.05) is 12.1 Å². The number of primary amides is 1. The molecule has 1 aromatic heterocycles. The smallest absolute Gasteiger partial charge is 0.402 e. The third-order valence-corrected chi connectivity index (χ3v) is 1.24. The maximum Gasteiger partial charge on any atom is 0.402 e. The summed E-state index contributed by atoms with van der Waals surface area (Å²) < 4.78 is 5.01. The monoisotopic (exact) mass is 180 g/mol. The van der Waals surface area contributed by atoms with Crippen molar-refractivity contribution in [2.24, 2.45) is 5.73 Å². The molecular formula is C8H8N2O3. The first-order valence-electron chi connectivity index (χ1n) is 3.47. The second-order valence-corrected chi connectivity index (χ2v) is 2.16. The minimum Gasteiger partial charge on any atom is -0.465 e. The molecule has 1 amide bonds. The Morgan fingerprint density at radius 2 is 2.08 bits per heavy atom. The predicted molar refractivity (Wildman–Crippen MR) is 46.2 cm³/mol. The van der Waals surface area contributed by atoms with E-state index in [0.717, 1.165) is 11.1 Å². The molecule has 1 heterocycles. The van der Waals surface area contributed by atoms with E-state index in [-0.39, 0.29) is 0 Å². The lowest BCUT2D eigenvalue weighted by atomic mass is 10.3. The van der Waals surface area contributed by atoms with Crippen LogP contribution in [0.3, 0.4) is 0 Å². The van der Waals surface area contributed by atoms with Crippen LogP contribution in [-0.4, -0.2) is 16.2 Å². The number of rotatable bonds is 0. The van der Waals surface area contributed by atoms with Gasteiger partial charge in [0.1, 0.15) is 5.52 Å². The van der Waals surface area contributed by atoms with Crippen LogP contribution in [0.4, 0.5) is 4.79 Å². The number of amides is 1. The maximum absolute atomic E-state index is 8.78. The zero-order valence-corrected chi connectivity index (χ0v) is 6.68. The molecule has 0 unspecified atom stereocenters. The van der Waals surface area contributed by atoms with Gasteiger partial charge in [-0.25, -0.2) is 9.78 Å². The van der Waals surface area contributed by atoms with Gasteiger partial charge < -0.3 is 15.3 Å².